The van der Waals surface area contributed by atoms with Gasteiger partial charge < -0.3 is 19.8 Å². The van der Waals surface area contributed by atoms with Crippen molar-refractivity contribution >= 4 is 34.1 Å². The number of imidazole rings is 2. The van der Waals surface area contributed by atoms with Gasteiger partial charge in [-0.2, -0.15) is 0 Å². The van der Waals surface area contributed by atoms with Gasteiger partial charge in [-0.1, -0.05) is 0 Å². The van der Waals surface area contributed by atoms with Gasteiger partial charge in [-0.3, -0.25) is 37.4 Å². The van der Waals surface area contributed by atoms with E-state index in [-0.39, 0.29) is 60.3 Å². The average Bonchev–Trinajstić information content (AvgIpc) is 3.48. The summed E-state index contributed by atoms with van der Waals surface area (Å²) in [6.07, 6.45) is 3.09. The fraction of sp³-hybridized carbons (Fsp3) is 0.429. The zero-order valence-electron chi connectivity index (χ0n) is 20.7. The van der Waals surface area contributed by atoms with Crippen molar-refractivity contribution in [2.45, 2.75) is 19.5 Å². The lowest BCUT2D eigenvalue weighted by atomic mass is 10.4. The number of amides is 2. The first kappa shape index (κ1) is 25.3. The van der Waals surface area contributed by atoms with Crippen molar-refractivity contribution in [3.8, 4) is 0 Å². The van der Waals surface area contributed by atoms with E-state index < -0.39 is 22.5 Å². The molecular weight excluding hydrogens is 488 g/mol. The van der Waals surface area contributed by atoms with Crippen LogP contribution in [0.3, 0.4) is 0 Å². The topological polar surface area (TPSA) is 182 Å². The Bertz CT molecular complexity index is 1650. The van der Waals surface area contributed by atoms with E-state index in [4.69, 9.17) is 0 Å². The predicted molar refractivity (Wildman–Crippen MR) is 131 cm³/mol. The maximum absolute atomic E-state index is 12.5. The predicted octanol–water partition coefficient (Wildman–Crippen LogP) is -3.50. The quantitative estimate of drug-likeness (QED) is 0.227. The highest BCUT2D eigenvalue weighted by atomic mass is 16.2. The number of fused-ring (bicyclic) bond motifs is 2. The number of carbonyl (C=O) groups is 2. The molecule has 0 saturated heterocycles. The minimum atomic E-state index is -0.545. The molecule has 2 amide bonds. The summed E-state index contributed by atoms with van der Waals surface area (Å²) in [6, 6.07) is 0. The minimum absolute atomic E-state index is 0.147. The zero-order chi connectivity index (χ0) is 27.0. The first-order valence-corrected chi connectivity index (χ1v) is 11.3. The van der Waals surface area contributed by atoms with Crippen molar-refractivity contribution in [2.75, 3.05) is 13.1 Å². The molecule has 0 radical (unpaired) electrons. The lowest BCUT2D eigenvalue weighted by molar-refractivity contribution is -0.121. The second kappa shape index (κ2) is 9.71. The fourth-order valence-electron chi connectivity index (χ4n) is 4.00. The van der Waals surface area contributed by atoms with Crippen LogP contribution in [0, 0.1) is 0 Å². The van der Waals surface area contributed by atoms with Gasteiger partial charge in [0.05, 0.1) is 12.7 Å². The van der Waals surface area contributed by atoms with Crippen LogP contribution in [0.5, 0.6) is 0 Å². The molecule has 16 heteroatoms. The molecule has 37 heavy (non-hydrogen) atoms. The normalized spacial score (nSPS) is 11.4. The number of aromatic nitrogens is 8. The van der Waals surface area contributed by atoms with E-state index in [2.05, 4.69) is 20.6 Å². The van der Waals surface area contributed by atoms with Gasteiger partial charge in [-0.05, 0) is 6.42 Å². The summed E-state index contributed by atoms with van der Waals surface area (Å²) in [5.41, 5.74) is -1.44. The fourth-order valence-corrected chi connectivity index (χ4v) is 4.00. The highest BCUT2D eigenvalue weighted by Gasteiger charge is 2.17. The van der Waals surface area contributed by atoms with E-state index in [1.807, 2.05) is 0 Å². The highest BCUT2D eigenvalue weighted by molar-refractivity contribution is 5.79. The van der Waals surface area contributed by atoms with Gasteiger partial charge in [0.25, 0.3) is 11.1 Å². The molecule has 4 rings (SSSR count). The molecule has 4 aromatic heterocycles. The molecule has 0 saturated carbocycles. The number of nitrogens with zero attached hydrogens (tertiary/aromatic N) is 8. The largest absolute Gasteiger partial charge is 0.354 e. The second-order valence-corrected chi connectivity index (χ2v) is 8.55. The summed E-state index contributed by atoms with van der Waals surface area (Å²) in [5, 5.41) is 5.41. The third-order valence-electron chi connectivity index (χ3n) is 6.06. The molecule has 16 nitrogen and oxygen atoms in total. The average molecular weight is 515 g/mol. The summed E-state index contributed by atoms with van der Waals surface area (Å²) in [5.74, 6) is -0.735. The van der Waals surface area contributed by atoms with Gasteiger partial charge >= 0.3 is 11.4 Å². The molecular formula is C21H26N10O6. The maximum Gasteiger partial charge on any atom is 0.332 e. The summed E-state index contributed by atoms with van der Waals surface area (Å²) >= 11 is 0. The zero-order valence-corrected chi connectivity index (χ0v) is 20.7. The van der Waals surface area contributed by atoms with Crippen LogP contribution in [0.25, 0.3) is 22.3 Å². The molecule has 4 aromatic rings. The monoisotopic (exact) mass is 514 g/mol. The van der Waals surface area contributed by atoms with E-state index in [1.54, 1.807) is 0 Å². The van der Waals surface area contributed by atoms with Crippen molar-refractivity contribution in [1.29, 1.82) is 0 Å². The van der Waals surface area contributed by atoms with Gasteiger partial charge in [0.15, 0.2) is 22.3 Å². The second-order valence-electron chi connectivity index (χ2n) is 8.55. The number of hydrogen-bond acceptors (Lipinski definition) is 8. The Morgan fingerprint density at radius 2 is 1.05 bits per heavy atom. The number of aryl methyl sites for hydroxylation is 2. The Hall–Kier alpha value is -4.76. The number of carbonyl (C=O) groups excluding carboxylic acids is 2. The Morgan fingerprint density at radius 3 is 1.43 bits per heavy atom. The third-order valence-corrected chi connectivity index (χ3v) is 6.06. The number of nitrogens with one attached hydrogen (secondary N) is 2. The van der Waals surface area contributed by atoms with Gasteiger partial charge in [-0.15, -0.1) is 0 Å². The van der Waals surface area contributed by atoms with Gasteiger partial charge in [0.2, 0.25) is 11.8 Å². The molecule has 0 aliphatic rings. The van der Waals surface area contributed by atoms with Gasteiger partial charge in [0.1, 0.15) is 13.1 Å². The molecule has 0 aliphatic heterocycles. The molecule has 2 N–H and O–H groups in total. The van der Waals surface area contributed by atoms with Crippen molar-refractivity contribution in [1.82, 2.24) is 48.0 Å². The molecule has 196 valence electrons. The molecule has 0 atom stereocenters. The van der Waals surface area contributed by atoms with E-state index in [0.717, 1.165) is 9.13 Å². The highest BCUT2D eigenvalue weighted by Crippen LogP contribution is 2.06. The molecule has 0 bridgehead atoms. The van der Waals surface area contributed by atoms with Crippen LogP contribution >= 0.6 is 0 Å². The Morgan fingerprint density at radius 1 is 0.676 bits per heavy atom. The lowest BCUT2D eigenvalue weighted by Gasteiger charge is -2.09. The van der Waals surface area contributed by atoms with Crippen LogP contribution in [-0.4, -0.2) is 62.3 Å². The first-order chi connectivity index (χ1) is 17.5. The molecule has 0 spiro atoms. The third kappa shape index (κ3) is 4.48. The molecule has 0 aliphatic carbocycles. The standard InChI is InChI=1S/C21H26N10O6/c1-26-16-14(18(34)28(3)20(26)36)30(10-24-16)8-12(32)22-6-5-7-23-13(33)9-31-11-25-17-15(31)19(35)29(4)21(37)27(17)2/h10-11H,5-9H2,1-4H3,(H,22,32)(H,23,33). The van der Waals surface area contributed by atoms with Crippen LogP contribution in [0.4, 0.5) is 0 Å². The lowest BCUT2D eigenvalue weighted by Crippen LogP contribution is -2.38. The summed E-state index contributed by atoms with van der Waals surface area (Å²) in [4.78, 5) is 81.8. The van der Waals surface area contributed by atoms with Crippen molar-refractivity contribution in [2.24, 2.45) is 28.2 Å². The van der Waals surface area contributed by atoms with Crippen molar-refractivity contribution in [3.63, 3.8) is 0 Å². The first-order valence-electron chi connectivity index (χ1n) is 11.3. The molecule has 0 unspecified atom stereocenters. The van der Waals surface area contributed by atoms with Crippen LogP contribution in [0.1, 0.15) is 6.42 Å². The van der Waals surface area contributed by atoms with Crippen molar-refractivity contribution in [3.05, 3.63) is 54.3 Å². The summed E-state index contributed by atoms with van der Waals surface area (Å²) in [6.45, 7) is 0.195. The van der Waals surface area contributed by atoms with E-state index in [9.17, 15) is 28.8 Å². The van der Waals surface area contributed by atoms with E-state index in [0.29, 0.717) is 6.42 Å². The van der Waals surface area contributed by atoms with Gasteiger partial charge in [-0.25, -0.2) is 19.6 Å². The van der Waals surface area contributed by atoms with E-state index >= 15 is 0 Å². The van der Waals surface area contributed by atoms with Crippen LogP contribution < -0.4 is 33.1 Å². The SMILES string of the molecule is Cn1c(=O)c2c(ncn2CC(=O)NCCCNC(=O)Cn2cnc3c2c(=O)n(C)c(=O)n3C)n(C)c1=O. The van der Waals surface area contributed by atoms with Crippen LogP contribution in [0.15, 0.2) is 31.8 Å². The Kier molecular flexibility index (Phi) is 6.65. The Labute approximate surface area is 207 Å². The molecule has 0 aromatic carbocycles. The van der Waals surface area contributed by atoms with Crippen molar-refractivity contribution < 1.29 is 9.59 Å². The van der Waals surface area contributed by atoms with Crippen LogP contribution in [-0.2, 0) is 50.9 Å². The smallest absolute Gasteiger partial charge is 0.332 e. The number of rotatable bonds is 8. The molecule has 0 fully saturated rings. The number of hydrogen-bond donors (Lipinski definition) is 2. The van der Waals surface area contributed by atoms with Gasteiger partial charge in [0, 0.05) is 41.3 Å². The van der Waals surface area contributed by atoms with Crippen LogP contribution in [0.2, 0.25) is 0 Å². The maximum atomic E-state index is 12.5. The Balaban J connectivity index is 1.29. The summed E-state index contributed by atoms with van der Waals surface area (Å²) < 4.78 is 7.13. The van der Waals surface area contributed by atoms with E-state index in [1.165, 1.54) is 59.1 Å². The summed E-state index contributed by atoms with van der Waals surface area (Å²) in [7, 11) is 5.69. The minimum Gasteiger partial charge on any atom is -0.354 e. The molecule has 4 heterocycles.